The number of allylic oxidation sites excluding steroid dienone is 2. The van der Waals surface area contributed by atoms with Gasteiger partial charge >= 0.3 is 5.97 Å². The van der Waals surface area contributed by atoms with Crippen molar-refractivity contribution >= 4 is 5.97 Å². The Morgan fingerprint density at radius 3 is 1.77 bits per heavy atom. The van der Waals surface area contributed by atoms with Crippen LogP contribution in [0.5, 0.6) is 0 Å². The molecule has 9 fully saturated rings. The van der Waals surface area contributed by atoms with Crippen LogP contribution in [-0.2, 0) is 61.6 Å². The SMILES string of the molecule is C[C@@H]1C[C@]2(C[C@@H](C)[C@]3(CC[C@@]4(C)C5=C(CC[C@@]43C)[C@@]3(C)CC[C@H](O[C@@H]4O[C@H](CO[C@@H]6OC[C@H](O)[C@@H](O)[C@H]6O[C@@H]6O[C@H](CO)[C@@H](O)[C@H](O[C@@H]7O[C@H](CO)[C@@H](O)[C@H](O)[C@H]7O)[C@H]6O[C@@H]6O[C@@H](C)[C@H](O)[C@@H](O)[C@@H]6O)[C@@H](O)[C@H](O)[C@H]4O)[C@](C)(CO)[C@@H]3CC5)O2)OC1=O. The molecule has 34 atom stereocenters. The molecule has 4 aliphatic carbocycles. The summed E-state index contributed by atoms with van der Waals surface area (Å²) in [5, 5.41) is 165. The molecule has 11 aliphatic rings. The highest BCUT2D eigenvalue weighted by Crippen LogP contribution is 2.76. The third-order valence-corrected chi connectivity index (χ3v) is 23.2. The second kappa shape index (κ2) is 24.5. The van der Waals surface area contributed by atoms with Crippen molar-refractivity contribution in [1.29, 1.82) is 0 Å². The third kappa shape index (κ3) is 10.7. The van der Waals surface area contributed by atoms with Crippen LogP contribution in [0.2, 0.25) is 0 Å². The summed E-state index contributed by atoms with van der Waals surface area (Å²) in [7, 11) is 0. The van der Waals surface area contributed by atoms with Crippen LogP contribution in [0.4, 0.5) is 0 Å². The smallest absolute Gasteiger partial charge is 0.311 e. The molecule has 87 heavy (non-hydrogen) atoms. The van der Waals surface area contributed by atoms with Gasteiger partial charge in [-0.05, 0) is 81.0 Å². The summed E-state index contributed by atoms with van der Waals surface area (Å²) in [6, 6.07) is 0. The van der Waals surface area contributed by atoms with E-state index in [1.54, 1.807) is 0 Å². The monoisotopic (exact) mass is 1250 g/mol. The summed E-state index contributed by atoms with van der Waals surface area (Å²) in [6.45, 7) is 11.2. The number of hydrogen-bond acceptors (Lipinski definition) is 28. The Hall–Kier alpha value is -1.83. The first kappa shape index (κ1) is 66.6. The lowest BCUT2D eigenvalue weighted by atomic mass is 9.42. The molecular formula is C59H94O28. The summed E-state index contributed by atoms with van der Waals surface area (Å²) in [5.41, 5.74) is 0.685. The molecule has 498 valence electrons. The van der Waals surface area contributed by atoms with Crippen LogP contribution >= 0.6 is 0 Å². The van der Waals surface area contributed by atoms with Crippen molar-refractivity contribution < 1.29 is 138 Å². The van der Waals surface area contributed by atoms with E-state index in [0.29, 0.717) is 25.7 Å². The van der Waals surface area contributed by atoms with Gasteiger partial charge in [0.25, 0.3) is 0 Å². The number of aliphatic hydroxyl groups excluding tert-OH is 15. The largest absolute Gasteiger partial charge is 0.433 e. The Kier molecular flexibility index (Phi) is 18.8. The Morgan fingerprint density at radius 1 is 0.540 bits per heavy atom. The Balaban J connectivity index is 0.801. The van der Waals surface area contributed by atoms with E-state index in [2.05, 4.69) is 27.7 Å². The van der Waals surface area contributed by atoms with Crippen LogP contribution in [0.3, 0.4) is 0 Å². The first-order valence-electron chi connectivity index (χ1n) is 31.1. The van der Waals surface area contributed by atoms with E-state index in [4.69, 9.17) is 56.8 Å². The summed E-state index contributed by atoms with van der Waals surface area (Å²) in [5.74, 6) is -1.27. The zero-order valence-electron chi connectivity index (χ0n) is 50.3. The Labute approximate surface area is 504 Å². The molecule has 0 aromatic carbocycles. The minimum Gasteiger partial charge on any atom is -0.433 e. The molecule has 0 radical (unpaired) electrons. The van der Waals surface area contributed by atoms with Crippen LogP contribution in [0.1, 0.15) is 113 Å². The number of fused-ring (bicyclic) bond motifs is 5. The van der Waals surface area contributed by atoms with Gasteiger partial charge in [0.1, 0.15) is 110 Å². The summed E-state index contributed by atoms with van der Waals surface area (Å²) < 4.78 is 73.7. The first-order chi connectivity index (χ1) is 41.0. The number of aliphatic hydroxyl groups is 15. The summed E-state index contributed by atoms with van der Waals surface area (Å²) in [4.78, 5) is 12.8. The van der Waals surface area contributed by atoms with E-state index in [9.17, 15) is 81.4 Å². The van der Waals surface area contributed by atoms with Crippen molar-refractivity contribution in [3.8, 4) is 0 Å². The van der Waals surface area contributed by atoms with Crippen molar-refractivity contribution in [3.63, 3.8) is 0 Å². The molecule has 0 aromatic rings. The molecule has 2 spiro atoms. The van der Waals surface area contributed by atoms with Gasteiger partial charge in [-0.15, -0.1) is 0 Å². The van der Waals surface area contributed by atoms with Gasteiger partial charge in [-0.3, -0.25) is 4.79 Å². The number of ether oxygens (including phenoxy) is 12. The quantitative estimate of drug-likeness (QED) is 0.0588. The molecule has 28 heteroatoms. The predicted molar refractivity (Wildman–Crippen MR) is 289 cm³/mol. The van der Waals surface area contributed by atoms with Crippen LogP contribution < -0.4 is 0 Å². The minimum atomic E-state index is -2.05. The number of carbonyl (C=O) groups excluding carboxylic acids is 1. The lowest BCUT2D eigenvalue weighted by Gasteiger charge is -2.63. The number of rotatable bonds is 14. The first-order valence-corrected chi connectivity index (χ1v) is 31.1. The molecule has 0 unspecified atom stereocenters. The van der Waals surface area contributed by atoms with E-state index in [1.807, 2.05) is 13.8 Å². The van der Waals surface area contributed by atoms with Gasteiger partial charge in [-0.25, -0.2) is 0 Å². The van der Waals surface area contributed by atoms with Gasteiger partial charge in [-0.1, -0.05) is 52.7 Å². The lowest BCUT2D eigenvalue weighted by Crippen LogP contribution is -2.68. The summed E-state index contributed by atoms with van der Waals surface area (Å²) >= 11 is 0. The molecule has 7 saturated heterocycles. The van der Waals surface area contributed by atoms with E-state index in [1.165, 1.54) is 18.1 Å². The molecule has 2 saturated carbocycles. The Morgan fingerprint density at radius 2 is 1.13 bits per heavy atom. The number of hydrogen-bond donors (Lipinski definition) is 15. The molecule has 7 heterocycles. The van der Waals surface area contributed by atoms with Crippen molar-refractivity contribution in [3.05, 3.63) is 11.1 Å². The maximum atomic E-state index is 12.8. The van der Waals surface area contributed by atoms with E-state index in [0.717, 1.165) is 38.5 Å². The standard InChI is InChI=1S/C59H94O28/c1-23-16-58(86-48(23)75)17-24(2)59(87-58)15-14-56(6)27-8-9-32-54(4,26(27)10-13-57(56,59)7)12-11-33(55(32,5)22-62)82-50-43(73)41(71)37(67)31(81-50)21-77-52-46(35(65)28(63)20-76-52)84-53-47(85-49-42(72)39(69)34(64)25(3)78-49)45(38(68)30(19-61)80-53)83-51-44(74)40(70)36(66)29(18-60)79-51/h23-25,28-47,49-53,60-74H,8-22H2,1-7H3/t23-,24-,25+,28+,29-,30-,31-,32-,33+,34+,35-,36-,37-,38-,39-,40+,41+,42+,43-,44-,45+,46-,47-,49+,50+,51+,52+,53+,54-,55-,56+,57+,58+,59+/m1/s1. The van der Waals surface area contributed by atoms with Gasteiger partial charge < -0.3 is 133 Å². The predicted octanol–water partition coefficient (Wildman–Crippen LogP) is -3.68. The van der Waals surface area contributed by atoms with Crippen LogP contribution in [-0.4, -0.2) is 281 Å². The van der Waals surface area contributed by atoms with E-state index < -0.39 is 197 Å². The lowest BCUT2D eigenvalue weighted by molar-refractivity contribution is -0.406. The highest BCUT2D eigenvalue weighted by molar-refractivity contribution is 5.74. The Bertz CT molecular complexity index is 2480. The van der Waals surface area contributed by atoms with Crippen LogP contribution in [0.15, 0.2) is 11.1 Å². The van der Waals surface area contributed by atoms with Crippen molar-refractivity contribution in [2.45, 2.75) is 278 Å². The van der Waals surface area contributed by atoms with Gasteiger partial charge in [0.15, 0.2) is 31.5 Å². The van der Waals surface area contributed by atoms with Gasteiger partial charge in [0.05, 0.1) is 56.8 Å². The van der Waals surface area contributed by atoms with Crippen molar-refractivity contribution in [2.75, 3.05) is 33.0 Å². The molecule has 0 bridgehead atoms. The third-order valence-electron chi connectivity index (χ3n) is 23.2. The average Bonchev–Trinajstić information content (AvgIpc) is 1.57. The fourth-order valence-electron chi connectivity index (χ4n) is 17.9. The maximum Gasteiger partial charge on any atom is 0.311 e. The topological polar surface area (TPSA) is 431 Å². The van der Waals surface area contributed by atoms with Crippen LogP contribution in [0.25, 0.3) is 0 Å². The second-order valence-corrected chi connectivity index (χ2v) is 28.0. The van der Waals surface area contributed by atoms with Gasteiger partial charge in [-0.2, -0.15) is 0 Å². The second-order valence-electron chi connectivity index (χ2n) is 28.0. The molecule has 0 amide bonds. The molecule has 0 aromatic heterocycles. The van der Waals surface area contributed by atoms with Crippen molar-refractivity contribution in [2.24, 2.45) is 39.4 Å². The zero-order chi connectivity index (χ0) is 63.0. The van der Waals surface area contributed by atoms with Crippen molar-refractivity contribution in [1.82, 2.24) is 0 Å². The molecule has 28 nitrogen and oxygen atoms in total. The zero-order valence-corrected chi connectivity index (χ0v) is 50.3. The average molecular weight is 1250 g/mol. The van der Waals surface area contributed by atoms with Gasteiger partial charge in [0.2, 0.25) is 5.79 Å². The number of esters is 1. The highest BCUT2D eigenvalue weighted by Gasteiger charge is 2.75. The maximum absolute atomic E-state index is 12.8. The molecule has 11 rings (SSSR count). The normalized spacial score (nSPS) is 56.1. The van der Waals surface area contributed by atoms with Gasteiger partial charge in [0, 0.05) is 23.7 Å². The van der Waals surface area contributed by atoms with E-state index in [-0.39, 0.29) is 46.6 Å². The van der Waals surface area contributed by atoms with Crippen LogP contribution in [0, 0.1) is 39.4 Å². The highest BCUT2D eigenvalue weighted by atomic mass is 16.8. The fraction of sp³-hybridized carbons (Fsp3) is 0.949. The molecule has 15 N–H and O–H groups in total. The molecule has 7 aliphatic heterocycles. The van der Waals surface area contributed by atoms with E-state index >= 15 is 0 Å². The fourth-order valence-corrected chi connectivity index (χ4v) is 17.9. The number of carbonyl (C=O) groups is 1. The minimum absolute atomic E-state index is 0.0929. The molecular weight excluding hydrogens is 1160 g/mol. The summed E-state index contributed by atoms with van der Waals surface area (Å²) in [6.07, 6.45) is -36.6.